The SMILES string of the molecule is CC(C)(C)C1C(CCO)OCCN1C(=O)O. The van der Waals surface area contributed by atoms with Crippen molar-refractivity contribution in [3.63, 3.8) is 0 Å². The van der Waals surface area contributed by atoms with Gasteiger partial charge in [-0.1, -0.05) is 20.8 Å². The molecule has 5 nitrogen and oxygen atoms in total. The first kappa shape index (κ1) is 13.3. The van der Waals surface area contributed by atoms with Gasteiger partial charge in [0.15, 0.2) is 0 Å². The maximum atomic E-state index is 11.2. The maximum absolute atomic E-state index is 11.2. The van der Waals surface area contributed by atoms with E-state index in [1.54, 1.807) is 0 Å². The van der Waals surface area contributed by atoms with Crippen molar-refractivity contribution >= 4 is 6.09 Å². The van der Waals surface area contributed by atoms with E-state index in [0.717, 1.165) is 0 Å². The molecule has 0 bridgehead atoms. The summed E-state index contributed by atoms with van der Waals surface area (Å²) in [5.41, 5.74) is -0.196. The average Bonchev–Trinajstić information content (AvgIpc) is 2.16. The number of rotatable bonds is 2. The van der Waals surface area contributed by atoms with Crippen molar-refractivity contribution in [3.8, 4) is 0 Å². The molecule has 0 aromatic heterocycles. The van der Waals surface area contributed by atoms with Crippen molar-refractivity contribution in [3.05, 3.63) is 0 Å². The highest BCUT2D eigenvalue weighted by atomic mass is 16.5. The van der Waals surface area contributed by atoms with E-state index < -0.39 is 6.09 Å². The van der Waals surface area contributed by atoms with Gasteiger partial charge in [-0.15, -0.1) is 0 Å². The third kappa shape index (κ3) is 2.86. The molecule has 0 saturated carbocycles. The molecular formula is C11H21NO4. The van der Waals surface area contributed by atoms with Gasteiger partial charge in [-0.3, -0.25) is 4.90 Å². The van der Waals surface area contributed by atoms with E-state index in [2.05, 4.69) is 0 Å². The summed E-state index contributed by atoms with van der Waals surface area (Å²) in [4.78, 5) is 12.6. The van der Waals surface area contributed by atoms with Crippen LogP contribution in [-0.4, -0.2) is 53.1 Å². The third-order valence-corrected chi connectivity index (χ3v) is 2.90. The Bertz CT molecular complexity index is 247. The zero-order valence-electron chi connectivity index (χ0n) is 10.1. The molecule has 1 rings (SSSR count). The third-order valence-electron chi connectivity index (χ3n) is 2.90. The van der Waals surface area contributed by atoms with Gasteiger partial charge in [0.2, 0.25) is 0 Å². The van der Waals surface area contributed by atoms with Crippen LogP contribution in [0, 0.1) is 5.41 Å². The molecule has 0 aromatic rings. The Hall–Kier alpha value is -0.810. The standard InChI is InChI=1S/C11H21NO4/c1-11(2,3)9-8(4-6-13)16-7-5-12(9)10(14)15/h8-9,13H,4-7H2,1-3H3,(H,14,15). The molecule has 94 valence electrons. The van der Waals surface area contributed by atoms with Gasteiger partial charge in [-0.05, 0) is 11.8 Å². The highest BCUT2D eigenvalue weighted by Crippen LogP contribution is 2.32. The molecular weight excluding hydrogens is 210 g/mol. The Labute approximate surface area is 96.0 Å². The van der Waals surface area contributed by atoms with Gasteiger partial charge in [0.25, 0.3) is 0 Å². The van der Waals surface area contributed by atoms with Crippen LogP contribution in [0.15, 0.2) is 0 Å². The van der Waals surface area contributed by atoms with Gasteiger partial charge < -0.3 is 14.9 Å². The lowest BCUT2D eigenvalue weighted by Crippen LogP contribution is -2.58. The van der Waals surface area contributed by atoms with Gasteiger partial charge in [-0.25, -0.2) is 4.79 Å². The van der Waals surface area contributed by atoms with Gasteiger partial charge >= 0.3 is 6.09 Å². The molecule has 1 aliphatic heterocycles. The molecule has 2 N–H and O–H groups in total. The number of carbonyl (C=O) groups is 1. The van der Waals surface area contributed by atoms with Crippen LogP contribution < -0.4 is 0 Å². The van der Waals surface area contributed by atoms with Crippen LogP contribution in [-0.2, 0) is 4.74 Å². The van der Waals surface area contributed by atoms with Crippen LogP contribution in [0.3, 0.4) is 0 Å². The minimum atomic E-state index is -0.911. The Morgan fingerprint density at radius 3 is 2.56 bits per heavy atom. The van der Waals surface area contributed by atoms with E-state index in [9.17, 15) is 4.79 Å². The second-order valence-corrected chi connectivity index (χ2v) is 5.21. The predicted molar refractivity (Wildman–Crippen MR) is 59.4 cm³/mol. The normalized spacial score (nSPS) is 26.9. The van der Waals surface area contributed by atoms with Crippen LogP contribution in [0.2, 0.25) is 0 Å². The van der Waals surface area contributed by atoms with Gasteiger partial charge in [-0.2, -0.15) is 0 Å². The van der Waals surface area contributed by atoms with Crippen LogP contribution in [0.4, 0.5) is 4.79 Å². The number of ether oxygens (including phenoxy) is 1. The summed E-state index contributed by atoms with van der Waals surface area (Å²) in [6.45, 7) is 6.80. The largest absolute Gasteiger partial charge is 0.465 e. The molecule has 1 fully saturated rings. The predicted octanol–water partition coefficient (Wildman–Crippen LogP) is 1.16. The van der Waals surface area contributed by atoms with Gasteiger partial charge in [0, 0.05) is 13.2 Å². The number of nitrogens with zero attached hydrogens (tertiary/aromatic N) is 1. The molecule has 0 radical (unpaired) electrons. The number of carboxylic acid groups (broad SMARTS) is 1. The topological polar surface area (TPSA) is 70.0 Å². The lowest BCUT2D eigenvalue weighted by Gasteiger charge is -2.46. The lowest BCUT2D eigenvalue weighted by atomic mass is 9.80. The van der Waals surface area contributed by atoms with Crippen LogP contribution in [0.5, 0.6) is 0 Å². The monoisotopic (exact) mass is 231 g/mol. The first-order valence-electron chi connectivity index (χ1n) is 5.60. The van der Waals surface area contributed by atoms with Crippen LogP contribution in [0.25, 0.3) is 0 Å². The highest BCUT2D eigenvalue weighted by Gasteiger charge is 2.42. The van der Waals surface area contributed by atoms with Crippen molar-refractivity contribution in [1.82, 2.24) is 4.90 Å². The second-order valence-electron chi connectivity index (χ2n) is 5.21. The zero-order valence-corrected chi connectivity index (χ0v) is 10.1. The summed E-state index contributed by atoms with van der Waals surface area (Å²) in [5.74, 6) is 0. The van der Waals surface area contributed by atoms with Crippen LogP contribution in [0.1, 0.15) is 27.2 Å². The van der Waals surface area contributed by atoms with E-state index in [4.69, 9.17) is 14.9 Å². The van der Waals surface area contributed by atoms with Gasteiger partial charge in [0.1, 0.15) is 0 Å². The smallest absolute Gasteiger partial charge is 0.407 e. The molecule has 0 spiro atoms. The van der Waals surface area contributed by atoms with E-state index in [-0.39, 0.29) is 24.2 Å². The average molecular weight is 231 g/mol. The summed E-state index contributed by atoms with van der Waals surface area (Å²) in [6, 6.07) is -0.203. The number of aliphatic hydroxyl groups is 1. The van der Waals surface area contributed by atoms with E-state index in [1.165, 1.54) is 4.90 Å². The minimum Gasteiger partial charge on any atom is -0.465 e. The number of hydrogen-bond donors (Lipinski definition) is 2. The van der Waals surface area contributed by atoms with Crippen molar-refractivity contribution in [2.24, 2.45) is 5.41 Å². The zero-order chi connectivity index (χ0) is 12.3. The minimum absolute atomic E-state index is 0.0186. The number of morpholine rings is 1. The Morgan fingerprint density at radius 2 is 2.12 bits per heavy atom. The Kier molecular flexibility index (Phi) is 4.15. The summed E-state index contributed by atoms with van der Waals surface area (Å²) < 4.78 is 5.57. The summed E-state index contributed by atoms with van der Waals surface area (Å²) in [7, 11) is 0. The molecule has 5 heteroatoms. The fourth-order valence-electron chi connectivity index (χ4n) is 2.34. The fourth-order valence-corrected chi connectivity index (χ4v) is 2.34. The van der Waals surface area contributed by atoms with Crippen molar-refractivity contribution < 1.29 is 19.7 Å². The quantitative estimate of drug-likeness (QED) is 0.748. The molecule has 1 heterocycles. The van der Waals surface area contributed by atoms with E-state index in [1.807, 2.05) is 20.8 Å². The summed E-state index contributed by atoms with van der Waals surface area (Å²) in [6.07, 6.45) is -0.646. The maximum Gasteiger partial charge on any atom is 0.407 e. The molecule has 2 unspecified atom stereocenters. The number of amides is 1. The fraction of sp³-hybridized carbons (Fsp3) is 0.909. The van der Waals surface area contributed by atoms with Crippen molar-refractivity contribution in [1.29, 1.82) is 0 Å². The van der Waals surface area contributed by atoms with Crippen molar-refractivity contribution in [2.45, 2.75) is 39.3 Å². The molecule has 1 aliphatic rings. The van der Waals surface area contributed by atoms with E-state index >= 15 is 0 Å². The highest BCUT2D eigenvalue weighted by molar-refractivity contribution is 5.65. The van der Waals surface area contributed by atoms with Gasteiger partial charge in [0.05, 0.1) is 18.8 Å². The Morgan fingerprint density at radius 1 is 1.50 bits per heavy atom. The molecule has 16 heavy (non-hydrogen) atoms. The second kappa shape index (κ2) is 5.01. The summed E-state index contributed by atoms with van der Waals surface area (Å²) in [5, 5.41) is 18.1. The summed E-state index contributed by atoms with van der Waals surface area (Å²) >= 11 is 0. The first-order valence-corrected chi connectivity index (χ1v) is 5.60. The molecule has 2 atom stereocenters. The Balaban J connectivity index is 2.89. The van der Waals surface area contributed by atoms with E-state index in [0.29, 0.717) is 19.6 Å². The number of hydrogen-bond acceptors (Lipinski definition) is 3. The number of aliphatic hydroxyl groups excluding tert-OH is 1. The molecule has 1 amide bonds. The first-order chi connectivity index (χ1) is 7.38. The van der Waals surface area contributed by atoms with Crippen LogP contribution >= 0.6 is 0 Å². The molecule has 0 aliphatic carbocycles. The van der Waals surface area contributed by atoms with Crippen molar-refractivity contribution in [2.75, 3.05) is 19.8 Å². The lowest BCUT2D eigenvalue weighted by molar-refractivity contribution is -0.100. The molecule has 0 aromatic carbocycles. The molecule has 1 saturated heterocycles.